The van der Waals surface area contributed by atoms with Crippen LogP contribution >= 0.6 is 7.82 Å². The summed E-state index contributed by atoms with van der Waals surface area (Å²) in [5.74, 6) is -0.348. The quantitative estimate of drug-likeness (QED) is 0.0197. The second-order valence-corrected chi connectivity index (χ2v) is 21.0. The molecule has 0 aromatic carbocycles. The highest BCUT2D eigenvalue weighted by molar-refractivity contribution is 7.45. The smallest absolute Gasteiger partial charge is 0.306 e. The molecular weight excluding hydrogens is 878 g/mol. The molecule has 0 saturated carbocycles. The first-order chi connectivity index (χ1) is 33.6. The molecule has 9 heteroatoms. The maximum atomic E-state index is 12.8. The van der Waals surface area contributed by atoms with Crippen LogP contribution < -0.4 is 4.89 Å². The third-order valence-corrected chi connectivity index (χ3v) is 12.6. The number of carbonyl (C=O) groups is 1. The average Bonchev–Trinajstić information content (AvgIpc) is 3.31. The van der Waals surface area contributed by atoms with Gasteiger partial charge in [0, 0.05) is 13.0 Å². The standard InChI is InChI=1S/C60H106NO7P/c1-6-8-10-12-14-16-18-20-22-24-26-28-29-30-31-32-34-36-38-40-42-44-46-48-50-52-55-65-57-59(58-67-69(63,64)66-56-54-61(3,4)5)68-60(62)53-51-49-47-45-43-41-39-37-35-33-27-25-23-21-19-17-15-13-11-9-7-2/h8,10,14,16,20,22,25-28,30-31,34,36,40,42,59H,6-7,9,11-13,15,17-19,21,23-24,29,32-33,35,37-39,41,43-58H2,1-5H3/b10-8-,16-14-,22-20-,27-25-,28-26-,31-30-,36-34-,42-40-. The van der Waals surface area contributed by atoms with Gasteiger partial charge in [-0.15, -0.1) is 0 Å². The summed E-state index contributed by atoms with van der Waals surface area (Å²) in [7, 11) is 1.33. The summed E-state index contributed by atoms with van der Waals surface area (Å²) in [6.07, 6.45) is 71.6. The molecular formula is C60H106NO7P. The number of likely N-dealkylation sites (N-methyl/N-ethyl adjacent to an activating group) is 1. The SMILES string of the molecule is CC/C=C\C/C=C\C/C=C\C/C=C\C/C=C\C/C=C\C/C=C\CCCCCCOCC(COP(=O)([O-])OCC[N+](C)(C)C)OC(=O)CCCCCCCCCCC/C=C\CCCCCCCCCC. The molecule has 8 nitrogen and oxygen atoms in total. The minimum Gasteiger partial charge on any atom is -0.756 e. The number of quaternary nitrogens is 1. The lowest BCUT2D eigenvalue weighted by molar-refractivity contribution is -0.870. The molecule has 398 valence electrons. The number of hydrogen-bond donors (Lipinski definition) is 0. The second-order valence-electron chi connectivity index (χ2n) is 19.6. The van der Waals surface area contributed by atoms with Gasteiger partial charge in [0.2, 0.25) is 0 Å². The van der Waals surface area contributed by atoms with Crippen molar-refractivity contribution in [3.8, 4) is 0 Å². The second kappa shape index (κ2) is 51.8. The third kappa shape index (κ3) is 56.2. The van der Waals surface area contributed by atoms with Crippen molar-refractivity contribution in [2.24, 2.45) is 0 Å². The van der Waals surface area contributed by atoms with E-state index in [-0.39, 0.29) is 25.8 Å². The van der Waals surface area contributed by atoms with Gasteiger partial charge in [0.25, 0.3) is 7.82 Å². The van der Waals surface area contributed by atoms with Gasteiger partial charge in [0.05, 0.1) is 34.4 Å². The summed E-state index contributed by atoms with van der Waals surface area (Å²) in [4.78, 5) is 25.2. The lowest BCUT2D eigenvalue weighted by Crippen LogP contribution is -2.37. The Morgan fingerprint density at radius 1 is 0.464 bits per heavy atom. The van der Waals surface area contributed by atoms with Crippen LogP contribution in [-0.4, -0.2) is 70.7 Å². The van der Waals surface area contributed by atoms with Crippen molar-refractivity contribution in [3.05, 3.63) is 97.2 Å². The fourth-order valence-corrected chi connectivity index (χ4v) is 8.07. The van der Waals surface area contributed by atoms with Crippen molar-refractivity contribution in [1.82, 2.24) is 0 Å². The van der Waals surface area contributed by atoms with Crippen LogP contribution in [0.1, 0.15) is 219 Å². The van der Waals surface area contributed by atoms with E-state index in [1.165, 1.54) is 103 Å². The Balaban J connectivity index is 4.19. The van der Waals surface area contributed by atoms with E-state index < -0.39 is 13.9 Å². The van der Waals surface area contributed by atoms with E-state index in [1.54, 1.807) is 0 Å². The highest BCUT2D eigenvalue weighted by Crippen LogP contribution is 2.38. The van der Waals surface area contributed by atoms with Crippen molar-refractivity contribution in [2.45, 2.75) is 225 Å². The van der Waals surface area contributed by atoms with Crippen LogP contribution in [0.4, 0.5) is 0 Å². The summed E-state index contributed by atoms with van der Waals surface area (Å²) >= 11 is 0. The van der Waals surface area contributed by atoms with Crippen molar-refractivity contribution in [1.29, 1.82) is 0 Å². The molecule has 0 aromatic heterocycles. The number of phosphoric ester groups is 1. The Labute approximate surface area is 426 Å². The molecule has 2 atom stereocenters. The van der Waals surface area contributed by atoms with Gasteiger partial charge >= 0.3 is 5.97 Å². The molecule has 0 aromatic rings. The van der Waals surface area contributed by atoms with E-state index in [4.69, 9.17) is 18.5 Å². The number of unbranched alkanes of at least 4 members (excludes halogenated alkanes) is 21. The zero-order chi connectivity index (χ0) is 50.5. The van der Waals surface area contributed by atoms with E-state index in [9.17, 15) is 14.3 Å². The highest BCUT2D eigenvalue weighted by atomic mass is 31.2. The van der Waals surface area contributed by atoms with Crippen molar-refractivity contribution in [2.75, 3.05) is 54.1 Å². The molecule has 0 bridgehead atoms. The molecule has 0 aliphatic heterocycles. The van der Waals surface area contributed by atoms with E-state index >= 15 is 0 Å². The average molecular weight is 984 g/mol. The predicted molar refractivity (Wildman–Crippen MR) is 295 cm³/mol. The Hall–Kier alpha value is -2.58. The molecule has 0 N–H and O–H groups in total. The van der Waals surface area contributed by atoms with Crippen molar-refractivity contribution >= 4 is 13.8 Å². The minimum atomic E-state index is -4.55. The molecule has 0 radical (unpaired) electrons. The zero-order valence-electron chi connectivity index (χ0n) is 45.2. The van der Waals surface area contributed by atoms with Gasteiger partial charge in [-0.3, -0.25) is 9.36 Å². The summed E-state index contributed by atoms with van der Waals surface area (Å²) in [5, 5.41) is 0. The van der Waals surface area contributed by atoms with E-state index in [2.05, 4.69) is 111 Å². The van der Waals surface area contributed by atoms with E-state index in [0.29, 0.717) is 24.1 Å². The monoisotopic (exact) mass is 984 g/mol. The van der Waals surface area contributed by atoms with Gasteiger partial charge < -0.3 is 27.9 Å². The molecule has 0 heterocycles. The molecule has 0 rings (SSSR count). The molecule has 0 fully saturated rings. The Kier molecular flexibility index (Phi) is 49.8. The zero-order valence-corrected chi connectivity index (χ0v) is 46.1. The molecule has 0 amide bonds. The number of esters is 1. The van der Waals surface area contributed by atoms with Crippen LogP contribution in [-0.2, 0) is 27.9 Å². The number of hydrogen-bond acceptors (Lipinski definition) is 7. The molecule has 2 unspecified atom stereocenters. The van der Waals surface area contributed by atoms with Crippen LogP contribution in [0, 0.1) is 0 Å². The van der Waals surface area contributed by atoms with Crippen LogP contribution in [0.2, 0.25) is 0 Å². The lowest BCUT2D eigenvalue weighted by Gasteiger charge is -2.28. The summed E-state index contributed by atoms with van der Waals surface area (Å²) in [6.45, 7) is 5.23. The van der Waals surface area contributed by atoms with Gasteiger partial charge in [-0.1, -0.05) is 214 Å². The molecule has 0 aliphatic carbocycles. The first-order valence-corrected chi connectivity index (χ1v) is 29.4. The highest BCUT2D eigenvalue weighted by Gasteiger charge is 2.20. The lowest BCUT2D eigenvalue weighted by atomic mass is 10.1. The topological polar surface area (TPSA) is 94.1 Å². The molecule has 0 spiro atoms. The molecule has 0 saturated heterocycles. The minimum absolute atomic E-state index is 0.0154. The van der Waals surface area contributed by atoms with Gasteiger partial charge in [-0.25, -0.2) is 0 Å². The maximum Gasteiger partial charge on any atom is 0.306 e. The Morgan fingerprint density at radius 2 is 0.841 bits per heavy atom. The van der Waals surface area contributed by atoms with E-state index in [1.807, 2.05) is 21.1 Å². The number of carbonyl (C=O) groups excluding carboxylic acids is 1. The Morgan fingerprint density at radius 3 is 1.28 bits per heavy atom. The van der Waals surface area contributed by atoms with Crippen LogP contribution in [0.5, 0.6) is 0 Å². The number of phosphoric acid groups is 1. The summed E-state index contributed by atoms with van der Waals surface area (Å²) in [5.41, 5.74) is 0. The maximum absolute atomic E-state index is 12.8. The number of allylic oxidation sites excluding steroid dienone is 16. The fourth-order valence-electron chi connectivity index (χ4n) is 7.35. The van der Waals surface area contributed by atoms with E-state index in [0.717, 1.165) is 96.3 Å². The number of rotatable bonds is 51. The fraction of sp³-hybridized carbons (Fsp3) is 0.717. The summed E-state index contributed by atoms with van der Waals surface area (Å²) in [6, 6.07) is 0. The van der Waals surface area contributed by atoms with Crippen LogP contribution in [0.15, 0.2) is 97.2 Å². The normalized spacial score (nSPS) is 14.2. The third-order valence-electron chi connectivity index (χ3n) is 11.6. The first kappa shape index (κ1) is 66.4. The van der Waals surface area contributed by atoms with Gasteiger partial charge in [-0.05, 0) is 96.3 Å². The Bertz CT molecular complexity index is 1420. The number of nitrogens with zero attached hydrogens (tertiary/aromatic N) is 1. The molecule has 0 aliphatic rings. The van der Waals surface area contributed by atoms with Gasteiger partial charge in [-0.2, -0.15) is 0 Å². The van der Waals surface area contributed by atoms with Crippen molar-refractivity contribution in [3.63, 3.8) is 0 Å². The predicted octanol–water partition coefficient (Wildman–Crippen LogP) is 17.1. The van der Waals surface area contributed by atoms with Crippen molar-refractivity contribution < 1.29 is 37.3 Å². The first-order valence-electron chi connectivity index (χ1n) is 28.0. The van der Waals surface area contributed by atoms with Gasteiger partial charge in [0.15, 0.2) is 0 Å². The summed E-state index contributed by atoms with van der Waals surface area (Å²) < 4.78 is 34.8. The van der Waals surface area contributed by atoms with Crippen LogP contribution in [0.3, 0.4) is 0 Å². The molecule has 69 heavy (non-hydrogen) atoms. The number of ether oxygens (including phenoxy) is 2. The van der Waals surface area contributed by atoms with Crippen LogP contribution in [0.25, 0.3) is 0 Å². The van der Waals surface area contributed by atoms with Gasteiger partial charge in [0.1, 0.15) is 19.3 Å². The largest absolute Gasteiger partial charge is 0.756 e.